The van der Waals surface area contributed by atoms with Gasteiger partial charge in [-0.3, -0.25) is 0 Å². The second-order valence-electron chi connectivity index (χ2n) is 2.36. The van der Waals surface area contributed by atoms with Gasteiger partial charge in [-0.15, -0.1) is 0 Å². The SMILES string of the molecule is Cc1cc[c]([Ti]([I])([I])[I])cc1. The van der Waals surface area contributed by atoms with Crippen molar-refractivity contribution in [2.75, 3.05) is 0 Å². The van der Waals surface area contributed by atoms with Crippen molar-refractivity contribution in [3.8, 4) is 0 Å². The summed E-state index contributed by atoms with van der Waals surface area (Å²) in [5, 5.41) is -1.62. The fourth-order valence-electron chi connectivity index (χ4n) is 0.743. The Morgan fingerprint density at radius 3 is 1.82 bits per heavy atom. The fraction of sp³-hybridized carbons (Fsp3) is 0.143. The molecule has 60 valence electrons. The van der Waals surface area contributed by atoms with Crippen molar-refractivity contribution in [2.45, 2.75) is 6.92 Å². The van der Waals surface area contributed by atoms with Crippen molar-refractivity contribution in [1.82, 2.24) is 0 Å². The third-order valence-corrected chi connectivity index (χ3v) is 10.6. The van der Waals surface area contributed by atoms with E-state index in [2.05, 4.69) is 88.8 Å². The molecule has 0 atom stereocenters. The van der Waals surface area contributed by atoms with E-state index in [1.54, 1.807) is 3.87 Å². The van der Waals surface area contributed by atoms with Gasteiger partial charge < -0.3 is 0 Å². The van der Waals surface area contributed by atoms with Crippen LogP contribution in [-0.2, 0) is 5.34 Å². The summed E-state index contributed by atoms with van der Waals surface area (Å²) in [6, 6.07) is 8.93. The van der Waals surface area contributed by atoms with Crippen LogP contribution in [0.5, 0.6) is 0 Å². The number of rotatable bonds is 1. The zero-order valence-corrected chi connectivity index (χ0v) is 14.0. The van der Waals surface area contributed by atoms with Crippen LogP contribution >= 0.6 is 57.6 Å². The fourth-order valence-corrected chi connectivity index (χ4v) is 6.04. The van der Waals surface area contributed by atoms with Gasteiger partial charge >= 0.3 is 104 Å². The Balaban J connectivity index is 2.99. The Kier molecular flexibility index (Phi) is 4.65. The Morgan fingerprint density at radius 1 is 1.00 bits per heavy atom. The van der Waals surface area contributed by atoms with Gasteiger partial charge in [0, 0.05) is 0 Å². The predicted octanol–water partition coefficient (Wildman–Crippen LogP) is 3.82. The number of hydrogen-bond donors (Lipinski definition) is 0. The summed E-state index contributed by atoms with van der Waals surface area (Å²) in [5.41, 5.74) is 1.35. The number of halogens is 3. The topological polar surface area (TPSA) is 0 Å². The summed E-state index contributed by atoms with van der Waals surface area (Å²) in [7, 11) is 0. The molecular formula is C7H7I3Ti. The molecule has 0 aromatic heterocycles. The van der Waals surface area contributed by atoms with E-state index in [-0.39, 0.29) is 0 Å². The van der Waals surface area contributed by atoms with Crippen LogP contribution in [-0.4, -0.2) is 0 Å². The first kappa shape index (κ1) is 11.2. The summed E-state index contributed by atoms with van der Waals surface area (Å²) < 4.78 is 1.55. The van der Waals surface area contributed by atoms with Gasteiger partial charge in [0.1, 0.15) is 0 Å². The zero-order chi connectivity index (χ0) is 8.48. The van der Waals surface area contributed by atoms with Gasteiger partial charge in [0.2, 0.25) is 0 Å². The van der Waals surface area contributed by atoms with Crippen LogP contribution in [0.1, 0.15) is 5.56 Å². The van der Waals surface area contributed by atoms with Crippen molar-refractivity contribution in [1.29, 1.82) is 0 Å². The summed E-state index contributed by atoms with van der Waals surface area (Å²) in [6.07, 6.45) is 0. The zero-order valence-electron chi connectivity index (χ0n) is 5.94. The molecule has 0 fully saturated rings. The Labute approximate surface area is 101 Å². The predicted molar refractivity (Wildman–Crippen MR) is 72.9 cm³/mol. The molecule has 0 spiro atoms. The molecule has 11 heavy (non-hydrogen) atoms. The summed E-state index contributed by atoms with van der Waals surface area (Å²) in [5.74, 6) is 0. The molecule has 0 aliphatic heterocycles. The van der Waals surface area contributed by atoms with Crippen molar-refractivity contribution in [2.24, 2.45) is 0 Å². The van der Waals surface area contributed by atoms with Crippen molar-refractivity contribution in [3.63, 3.8) is 0 Å². The molecule has 0 heterocycles. The van der Waals surface area contributed by atoms with Crippen LogP contribution in [0.4, 0.5) is 0 Å². The molecule has 1 aromatic rings. The standard InChI is InChI=1S/C7H7.3HI.Ti/c1-7-5-3-2-4-6-7;;;;/h3-6H,1H3;3*1H;/q;;;;+3/p-3. The molecule has 1 aromatic carbocycles. The third-order valence-electron chi connectivity index (χ3n) is 1.38. The van der Waals surface area contributed by atoms with Crippen molar-refractivity contribution in [3.05, 3.63) is 29.8 Å². The second kappa shape index (κ2) is 4.57. The van der Waals surface area contributed by atoms with E-state index >= 15 is 0 Å². The first-order valence-electron chi connectivity index (χ1n) is 3.14. The Hall–Kier alpha value is 2.12. The maximum absolute atomic E-state index is 2.62. The van der Waals surface area contributed by atoms with Gasteiger partial charge in [-0.25, -0.2) is 0 Å². The quantitative estimate of drug-likeness (QED) is 0.391. The summed E-state index contributed by atoms with van der Waals surface area (Å²) in [4.78, 5) is 0. The molecule has 4 heteroatoms. The van der Waals surface area contributed by atoms with Crippen molar-refractivity contribution >= 4 is 61.4 Å². The molecule has 0 radical (unpaired) electrons. The molecule has 0 bridgehead atoms. The first-order chi connectivity index (χ1) is 5.00. The summed E-state index contributed by atoms with van der Waals surface area (Å²) in [6.45, 7) is 2.13. The minimum absolute atomic E-state index is 1.35. The van der Waals surface area contributed by atoms with Gasteiger partial charge in [-0.05, 0) is 0 Å². The molecule has 0 saturated carbocycles. The van der Waals surface area contributed by atoms with E-state index in [4.69, 9.17) is 0 Å². The van der Waals surface area contributed by atoms with Gasteiger partial charge in [-0.2, -0.15) is 0 Å². The molecule has 0 saturated heterocycles. The van der Waals surface area contributed by atoms with E-state index < -0.39 is 5.34 Å². The van der Waals surface area contributed by atoms with E-state index in [9.17, 15) is 0 Å². The van der Waals surface area contributed by atoms with Crippen LogP contribution in [0, 0.1) is 6.92 Å². The molecule has 0 nitrogen and oxygen atoms in total. The second-order valence-corrected chi connectivity index (χ2v) is 50.4. The molecule has 1 rings (SSSR count). The number of hydrogen-bond acceptors (Lipinski definition) is 0. The molecule has 0 unspecified atom stereocenters. The van der Waals surface area contributed by atoms with Crippen LogP contribution in [0.15, 0.2) is 24.3 Å². The third kappa shape index (κ3) is 3.78. The maximum atomic E-state index is 2.62. The van der Waals surface area contributed by atoms with Crippen LogP contribution in [0.25, 0.3) is 0 Å². The van der Waals surface area contributed by atoms with Crippen molar-refractivity contribution < 1.29 is 5.34 Å². The Morgan fingerprint density at radius 2 is 1.45 bits per heavy atom. The number of aryl methyl sites for hydroxylation is 1. The van der Waals surface area contributed by atoms with Gasteiger partial charge in [-0.1, -0.05) is 0 Å². The summed E-state index contributed by atoms with van der Waals surface area (Å²) >= 11 is 7.85. The normalized spacial score (nSPS) is 11.6. The van der Waals surface area contributed by atoms with Crippen LogP contribution in [0.2, 0.25) is 0 Å². The van der Waals surface area contributed by atoms with E-state index in [0.717, 1.165) is 0 Å². The van der Waals surface area contributed by atoms with E-state index in [0.29, 0.717) is 0 Å². The van der Waals surface area contributed by atoms with Gasteiger partial charge in [0.25, 0.3) is 0 Å². The average molecular weight is 520 g/mol. The van der Waals surface area contributed by atoms with Gasteiger partial charge in [0.05, 0.1) is 0 Å². The number of benzene rings is 1. The monoisotopic (exact) mass is 520 g/mol. The Bertz CT molecular complexity index is 237. The first-order valence-corrected chi connectivity index (χ1v) is 19.0. The molecule has 0 amide bonds. The van der Waals surface area contributed by atoms with E-state index in [1.807, 2.05) is 0 Å². The molecular weight excluding hydrogens is 513 g/mol. The van der Waals surface area contributed by atoms with E-state index in [1.165, 1.54) is 5.56 Å². The van der Waals surface area contributed by atoms with Gasteiger partial charge in [0.15, 0.2) is 0 Å². The van der Waals surface area contributed by atoms with Crippen LogP contribution < -0.4 is 3.87 Å². The average Bonchev–Trinajstić information content (AvgIpc) is 1.86. The van der Waals surface area contributed by atoms with Crippen LogP contribution in [0.3, 0.4) is 0 Å². The minimum atomic E-state index is -1.62. The molecule has 0 aliphatic carbocycles. The molecule has 0 N–H and O–H groups in total. The molecule has 0 aliphatic rings.